The lowest BCUT2D eigenvalue weighted by Gasteiger charge is -2.40. The Bertz CT molecular complexity index is 957. The molecule has 1 N–H and O–H groups in total. The van der Waals surface area contributed by atoms with Crippen molar-refractivity contribution < 1.29 is 19.4 Å². The predicted molar refractivity (Wildman–Crippen MR) is 123 cm³/mol. The van der Waals surface area contributed by atoms with Gasteiger partial charge >= 0.3 is 5.97 Å². The van der Waals surface area contributed by atoms with Crippen molar-refractivity contribution in [3.05, 3.63) is 29.8 Å². The molecule has 2 aromatic rings. The Morgan fingerprint density at radius 1 is 1.12 bits per heavy atom. The summed E-state index contributed by atoms with van der Waals surface area (Å²) >= 11 is 0. The van der Waals surface area contributed by atoms with Crippen LogP contribution in [0.25, 0.3) is 11.3 Å². The summed E-state index contributed by atoms with van der Waals surface area (Å²) in [4.78, 5) is 28.0. The largest absolute Gasteiger partial charge is 0.480 e. The molecule has 0 amide bonds. The summed E-state index contributed by atoms with van der Waals surface area (Å²) in [5, 5.41) is 10.1. The molecule has 3 rings (SSSR count). The topological polar surface area (TPSA) is 97.7 Å². The molecular weight excluding hydrogens is 408 g/mol. The second-order valence-corrected chi connectivity index (χ2v) is 10.1. The van der Waals surface area contributed by atoms with Crippen LogP contribution in [-0.4, -0.2) is 51.8 Å². The van der Waals surface area contributed by atoms with E-state index in [2.05, 4.69) is 33.7 Å². The van der Waals surface area contributed by atoms with Crippen LogP contribution < -0.4 is 9.64 Å². The summed E-state index contributed by atoms with van der Waals surface area (Å²) < 4.78 is 11.2. The van der Waals surface area contributed by atoms with E-state index < -0.39 is 17.7 Å². The van der Waals surface area contributed by atoms with Gasteiger partial charge in [0.2, 0.25) is 5.88 Å². The first-order valence-electron chi connectivity index (χ1n) is 10.9. The lowest BCUT2D eigenvalue weighted by Crippen LogP contribution is -2.39. The molecule has 3 heterocycles. The molecule has 0 spiro atoms. The van der Waals surface area contributed by atoms with Crippen LogP contribution in [0.15, 0.2) is 18.6 Å². The third-order valence-electron chi connectivity index (χ3n) is 5.79. The second kappa shape index (κ2) is 9.02. The second-order valence-electron chi connectivity index (χ2n) is 10.1. The minimum Gasteiger partial charge on any atom is -0.480 e. The SMILES string of the molecule is COc1cnc(-c2cnc(C)c([C@H](OC(C)(C)C)C(=O)O)c2N2CCC(C)(C)CC2)cn1. The Morgan fingerprint density at radius 2 is 1.78 bits per heavy atom. The minimum absolute atomic E-state index is 0.243. The van der Waals surface area contributed by atoms with Crippen LogP contribution in [0.1, 0.15) is 64.8 Å². The molecule has 1 fully saturated rings. The Hall–Kier alpha value is -2.74. The van der Waals surface area contributed by atoms with Gasteiger partial charge in [-0.3, -0.25) is 4.98 Å². The number of pyridine rings is 1. The number of carboxylic acids is 1. The number of carbonyl (C=O) groups is 1. The maximum Gasteiger partial charge on any atom is 0.337 e. The molecule has 1 atom stereocenters. The average molecular weight is 443 g/mol. The van der Waals surface area contributed by atoms with Gasteiger partial charge in [0.25, 0.3) is 0 Å². The van der Waals surface area contributed by atoms with Gasteiger partial charge in [0, 0.05) is 36.1 Å². The molecular formula is C24H34N4O4. The lowest BCUT2D eigenvalue weighted by molar-refractivity contribution is -0.160. The summed E-state index contributed by atoms with van der Waals surface area (Å²) in [5.74, 6) is -0.629. The van der Waals surface area contributed by atoms with Crippen molar-refractivity contribution in [1.29, 1.82) is 0 Å². The number of aromatic nitrogens is 3. The molecule has 8 heteroatoms. The third kappa shape index (κ3) is 5.35. The minimum atomic E-state index is -1.15. The van der Waals surface area contributed by atoms with Crippen LogP contribution in [0.3, 0.4) is 0 Å². The van der Waals surface area contributed by atoms with Gasteiger partial charge in [-0.05, 0) is 46.0 Å². The van der Waals surface area contributed by atoms with Gasteiger partial charge in [-0.25, -0.2) is 14.8 Å². The first-order chi connectivity index (χ1) is 14.9. The van der Waals surface area contributed by atoms with E-state index in [0.717, 1.165) is 37.2 Å². The van der Waals surface area contributed by atoms with E-state index in [9.17, 15) is 9.90 Å². The molecule has 1 aliphatic heterocycles. The fourth-order valence-corrected chi connectivity index (χ4v) is 3.93. The number of aliphatic carboxylic acids is 1. The lowest BCUT2D eigenvalue weighted by atomic mass is 9.82. The monoisotopic (exact) mass is 442 g/mol. The summed E-state index contributed by atoms with van der Waals surface area (Å²) in [7, 11) is 1.54. The zero-order valence-corrected chi connectivity index (χ0v) is 20.1. The van der Waals surface area contributed by atoms with Crippen LogP contribution >= 0.6 is 0 Å². The fourth-order valence-electron chi connectivity index (χ4n) is 3.93. The molecule has 0 bridgehead atoms. The van der Waals surface area contributed by atoms with Gasteiger partial charge in [-0.2, -0.15) is 0 Å². The van der Waals surface area contributed by atoms with Gasteiger partial charge in [0.15, 0.2) is 6.10 Å². The first kappa shape index (κ1) is 23.9. The van der Waals surface area contributed by atoms with Crippen molar-refractivity contribution in [2.45, 2.75) is 66.1 Å². The van der Waals surface area contributed by atoms with Crippen LogP contribution in [0.4, 0.5) is 5.69 Å². The summed E-state index contributed by atoms with van der Waals surface area (Å²) in [5.41, 5.74) is 2.96. The summed E-state index contributed by atoms with van der Waals surface area (Å²) in [6.07, 6.45) is 5.78. The molecule has 0 radical (unpaired) electrons. The standard InChI is InChI=1S/C24H34N4O4/c1-15-19(21(22(29)30)32-23(2,3)4)20(28-10-8-24(5,6)9-11-28)16(12-25-15)17-13-27-18(31-7)14-26-17/h12-14,21H,8-11H2,1-7H3,(H,29,30)/t21-/m0/s1. The zero-order chi connectivity index (χ0) is 23.7. The maximum atomic E-state index is 12.4. The van der Waals surface area contributed by atoms with Gasteiger partial charge in [-0.1, -0.05) is 13.8 Å². The maximum absolute atomic E-state index is 12.4. The number of nitrogens with zero attached hydrogens (tertiary/aromatic N) is 4. The van der Waals surface area contributed by atoms with E-state index in [-0.39, 0.29) is 5.41 Å². The van der Waals surface area contributed by atoms with Crippen LogP contribution in [-0.2, 0) is 9.53 Å². The number of methoxy groups -OCH3 is 1. The number of carboxylic acid groups (broad SMARTS) is 1. The molecule has 0 unspecified atom stereocenters. The summed E-state index contributed by atoms with van der Waals surface area (Å²) in [6.45, 7) is 13.5. The molecule has 32 heavy (non-hydrogen) atoms. The van der Waals surface area contributed by atoms with Gasteiger partial charge in [0.05, 0.1) is 36.5 Å². The highest BCUT2D eigenvalue weighted by molar-refractivity contribution is 5.85. The number of anilines is 1. The number of ether oxygens (including phenoxy) is 2. The van der Waals surface area contributed by atoms with Crippen LogP contribution in [0, 0.1) is 12.3 Å². The average Bonchev–Trinajstić information content (AvgIpc) is 2.71. The Labute approximate surface area is 190 Å². The number of hydrogen-bond donors (Lipinski definition) is 1. The smallest absolute Gasteiger partial charge is 0.337 e. The summed E-state index contributed by atoms with van der Waals surface area (Å²) in [6, 6.07) is 0. The van der Waals surface area contributed by atoms with E-state index in [0.29, 0.717) is 22.8 Å². The van der Waals surface area contributed by atoms with Crippen molar-refractivity contribution in [3.63, 3.8) is 0 Å². The third-order valence-corrected chi connectivity index (χ3v) is 5.79. The molecule has 0 aromatic carbocycles. The van der Waals surface area contributed by atoms with Crippen molar-refractivity contribution >= 4 is 11.7 Å². The number of hydrogen-bond acceptors (Lipinski definition) is 7. The molecule has 1 aliphatic rings. The highest BCUT2D eigenvalue weighted by Gasteiger charge is 2.36. The molecule has 8 nitrogen and oxygen atoms in total. The number of aryl methyl sites for hydroxylation is 1. The molecule has 174 valence electrons. The van der Waals surface area contributed by atoms with E-state index in [1.165, 1.54) is 7.11 Å². The van der Waals surface area contributed by atoms with E-state index in [1.807, 2.05) is 27.7 Å². The fraction of sp³-hybridized carbons (Fsp3) is 0.583. The Morgan fingerprint density at radius 3 is 2.28 bits per heavy atom. The van der Waals surface area contributed by atoms with E-state index in [1.54, 1.807) is 18.6 Å². The Balaban J connectivity index is 2.21. The van der Waals surface area contributed by atoms with Gasteiger partial charge in [-0.15, -0.1) is 0 Å². The van der Waals surface area contributed by atoms with Gasteiger partial charge < -0.3 is 19.5 Å². The van der Waals surface area contributed by atoms with Crippen molar-refractivity contribution in [2.24, 2.45) is 5.41 Å². The number of rotatable bonds is 6. The normalized spacial score (nSPS) is 17.2. The highest BCUT2D eigenvalue weighted by Crippen LogP contribution is 2.42. The Kier molecular flexibility index (Phi) is 6.74. The van der Waals surface area contributed by atoms with Crippen molar-refractivity contribution in [2.75, 3.05) is 25.1 Å². The molecule has 0 saturated carbocycles. The van der Waals surface area contributed by atoms with Crippen LogP contribution in [0.5, 0.6) is 5.88 Å². The van der Waals surface area contributed by atoms with Gasteiger partial charge in [0.1, 0.15) is 0 Å². The van der Waals surface area contributed by atoms with Crippen LogP contribution in [0.2, 0.25) is 0 Å². The first-order valence-corrected chi connectivity index (χ1v) is 10.9. The molecule has 1 saturated heterocycles. The predicted octanol–water partition coefficient (Wildman–Crippen LogP) is 4.42. The highest BCUT2D eigenvalue weighted by atomic mass is 16.5. The zero-order valence-electron chi connectivity index (χ0n) is 20.1. The van der Waals surface area contributed by atoms with E-state index in [4.69, 9.17) is 9.47 Å². The van der Waals surface area contributed by atoms with Crippen molar-refractivity contribution in [3.8, 4) is 17.1 Å². The van der Waals surface area contributed by atoms with E-state index >= 15 is 0 Å². The van der Waals surface area contributed by atoms with Crippen molar-refractivity contribution in [1.82, 2.24) is 15.0 Å². The molecule has 2 aromatic heterocycles. The quantitative estimate of drug-likeness (QED) is 0.702. The molecule has 0 aliphatic carbocycles. The number of piperidine rings is 1.